The van der Waals surface area contributed by atoms with Gasteiger partial charge in [-0.1, -0.05) is 11.6 Å². The zero-order valence-electron chi connectivity index (χ0n) is 13.7. The van der Waals surface area contributed by atoms with Gasteiger partial charge in [0.25, 0.3) is 11.5 Å². The van der Waals surface area contributed by atoms with Crippen LogP contribution < -0.4 is 15.8 Å². The molecule has 0 saturated heterocycles. The van der Waals surface area contributed by atoms with Gasteiger partial charge in [-0.05, 0) is 24.3 Å². The third-order valence-electron chi connectivity index (χ3n) is 3.30. The van der Waals surface area contributed by atoms with E-state index in [1.54, 1.807) is 12.1 Å². The second-order valence-corrected chi connectivity index (χ2v) is 5.72. The van der Waals surface area contributed by atoms with Crippen LogP contribution in [0.3, 0.4) is 0 Å². The lowest BCUT2D eigenvalue weighted by molar-refractivity contribution is 0.101. The largest absolute Gasteiger partial charge is 0.383 e. The van der Waals surface area contributed by atoms with Crippen LogP contribution in [0.25, 0.3) is 0 Å². The molecule has 1 aromatic carbocycles. The second-order valence-electron chi connectivity index (χ2n) is 5.28. The summed E-state index contributed by atoms with van der Waals surface area (Å²) in [4.78, 5) is 26.1. The summed E-state index contributed by atoms with van der Waals surface area (Å²) >= 11 is 6.01. The number of benzene rings is 1. The minimum atomic E-state index is -0.425. The molecule has 1 N–H and O–H groups in total. The van der Waals surface area contributed by atoms with Crippen molar-refractivity contribution in [1.82, 2.24) is 9.78 Å². The number of anilines is 2. The summed E-state index contributed by atoms with van der Waals surface area (Å²) in [6.07, 6.45) is 0. The van der Waals surface area contributed by atoms with E-state index >= 15 is 0 Å². The van der Waals surface area contributed by atoms with E-state index in [2.05, 4.69) is 10.4 Å². The first-order valence-electron chi connectivity index (χ1n) is 7.27. The van der Waals surface area contributed by atoms with Crippen LogP contribution in [0.4, 0.5) is 11.4 Å². The third kappa shape index (κ3) is 4.33. The fraction of sp³-hybridized carbons (Fsp3) is 0.312. The standard InChI is InChI=1S/C16H19ClN4O3/c1-20(2)14-6-4-11(17)10-13(14)18-16(23)12-5-7-15(22)21(19-12)8-9-24-3/h4-7,10H,8-9H2,1-3H3,(H,18,23). The number of halogens is 1. The highest BCUT2D eigenvalue weighted by atomic mass is 35.5. The van der Waals surface area contributed by atoms with Gasteiger partial charge in [-0.15, -0.1) is 0 Å². The number of hydrogen-bond donors (Lipinski definition) is 1. The molecule has 1 heterocycles. The Morgan fingerprint density at radius 1 is 1.33 bits per heavy atom. The fourth-order valence-corrected chi connectivity index (χ4v) is 2.26. The van der Waals surface area contributed by atoms with Gasteiger partial charge in [-0.2, -0.15) is 5.10 Å². The Balaban J connectivity index is 2.27. The van der Waals surface area contributed by atoms with E-state index in [4.69, 9.17) is 16.3 Å². The molecule has 2 rings (SSSR count). The van der Waals surface area contributed by atoms with Gasteiger partial charge >= 0.3 is 0 Å². The molecule has 0 aliphatic heterocycles. The van der Waals surface area contributed by atoms with Gasteiger partial charge in [-0.3, -0.25) is 9.59 Å². The van der Waals surface area contributed by atoms with E-state index in [0.717, 1.165) is 5.69 Å². The smallest absolute Gasteiger partial charge is 0.276 e. The van der Waals surface area contributed by atoms with Gasteiger partial charge in [0.2, 0.25) is 0 Å². The lowest BCUT2D eigenvalue weighted by atomic mass is 10.2. The van der Waals surface area contributed by atoms with Gasteiger partial charge in [-0.25, -0.2) is 4.68 Å². The number of methoxy groups -OCH3 is 1. The number of rotatable bonds is 6. The van der Waals surface area contributed by atoms with Crippen LogP contribution in [0.5, 0.6) is 0 Å². The molecule has 8 heteroatoms. The van der Waals surface area contributed by atoms with Crippen LogP contribution in [-0.4, -0.2) is 43.5 Å². The maximum absolute atomic E-state index is 12.5. The fourth-order valence-electron chi connectivity index (χ4n) is 2.09. The predicted molar refractivity (Wildman–Crippen MR) is 94.1 cm³/mol. The van der Waals surface area contributed by atoms with Crippen molar-refractivity contribution < 1.29 is 9.53 Å². The lowest BCUT2D eigenvalue weighted by Crippen LogP contribution is -2.27. The minimum Gasteiger partial charge on any atom is -0.383 e. The highest BCUT2D eigenvalue weighted by Crippen LogP contribution is 2.28. The average Bonchev–Trinajstić information content (AvgIpc) is 2.53. The quantitative estimate of drug-likeness (QED) is 0.860. The Kier molecular flexibility index (Phi) is 5.94. The van der Waals surface area contributed by atoms with E-state index in [1.165, 1.54) is 23.9 Å². The van der Waals surface area contributed by atoms with E-state index in [1.807, 2.05) is 25.1 Å². The van der Waals surface area contributed by atoms with E-state index in [-0.39, 0.29) is 17.8 Å². The number of nitrogens with one attached hydrogen (secondary N) is 1. The van der Waals surface area contributed by atoms with Crippen molar-refractivity contribution >= 4 is 28.9 Å². The summed E-state index contributed by atoms with van der Waals surface area (Å²) in [6.45, 7) is 0.605. The van der Waals surface area contributed by atoms with Crippen molar-refractivity contribution in [2.75, 3.05) is 38.0 Å². The Morgan fingerprint density at radius 2 is 2.08 bits per heavy atom. The topological polar surface area (TPSA) is 76.5 Å². The van der Waals surface area contributed by atoms with Crippen molar-refractivity contribution in [3.8, 4) is 0 Å². The molecule has 0 spiro atoms. The van der Waals surface area contributed by atoms with Crippen molar-refractivity contribution in [3.05, 3.63) is 51.4 Å². The van der Waals surface area contributed by atoms with Crippen molar-refractivity contribution in [2.45, 2.75) is 6.54 Å². The van der Waals surface area contributed by atoms with Gasteiger partial charge in [0, 0.05) is 32.3 Å². The molecule has 1 amide bonds. The molecule has 0 aliphatic carbocycles. The van der Waals surface area contributed by atoms with E-state index in [0.29, 0.717) is 17.3 Å². The zero-order valence-corrected chi connectivity index (χ0v) is 14.5. The molecule has 128 valence electrons. The van der Waals surface area contributed by atoms with Gasteiger partial charge in [0.15, 0.2) is 0 Å². The highest BCUT2D eigenvalue weighted by molar-refractivity contribution is 6.31. The number of hydrogen-bond acceptors (Lipinski definition) is 5. The molecule has 0 aliphatic rings. The number of nitrogens with zero attached hydrogens (tertiary/aromatic N) is 3. The molecule has 0 saturated carbocycles. The van der Waals surface area contributed by atoms with E-state index in [9.17, 15) is 9.59 Å². The Morgan fingerprint density at radius 3 is 2.75 bits per heavy atom. The molecule has 0 fully saturated rings. The number of amides is 1. The van der Waals surface area contributed by atoms with Crippen LogP contribution >= 0.6 is 11.6 Å². The summed E-state index contributed by atoms with van der Waals surface area (Å²) in [7, 11) is 5.26. The van der Waals surface area contributed by atoms with Gasteiger partial charge < -0.3 is 15.0 Å². The Bertz CT molecular complexity index is 789. The average molecular weight is 351 g/mol. The van der Waals surface area contributed by atoms with Crippen molar-refractivity contribution in [3.63, 3.8) is 0 Å². The van der Waals surface area contributed by atoms with Crippen LogP contribution in [0.1, 0.15) is 10.5 Å². The highest BCUT2D eigenvalue weighted by Gasteiger charge is 2.13. The summed E-state index contributed by atoms with van der Waals surface area (Å²) in [5, 5.41) is 7.35. The summed E-state index contributed by atoms with van der Waals surface area (Å²) in [5.74, 6) is -0.425. The first kappa shape index (κ1) is 18.0. The van der Waals surface area contributed by atoms with E-state index < -0.39 is 5.91 Å². The number of carbonyl (C=O) groups excluding carboxylic acids is 1. The van der Waals surface area contributed by atoms with Gasteiger partial charge in [0.1, 0.15) is 5.69 Å². The maximum Gasteiger partial charge on any atom is 0.276 e. The van der Waals surface area contributed by atoms with Crippen molar-refractivity contribution in [1.29, 1.82) is 0 Å². The van der Waals surface area contributed by atoms with Crippen LogP contribution in [-0.2, 0) is 11.3 Å². The third-order valence-corrected chi connectivity index (χ3v) is 3.53. The molecule has 7 nitrogen and oxygen atoms in total. The number of carbonyl (C=O) groups is 1. The summed E-state index contributed by atoms with van der Waals surface area (Å²) < 4.78 is 6.13. The summed E-state index contributed by atoms with van der Waals surface area (Å²) in [6, 6.07) is 7.92. The number of ether oxygens (including phenoxy) is 1. The second kappa shape index (κ2) is 7.94. The molecular weight excluding hydrogens is 332 g/mol. The summed E-state index contributed by atoms with van der Waals surface area (Å²) in [5.41, 5.74) is 1.21. The first-order chi connectivity index (χ1) is 11.4. The molecule has 2 aromatic rings. The monoisotopic (exact) mass is 350 g/mol. The molecule has 1 aromatic heterocycles. The Labute approximate surface area is 144 Å². The molecule has 0 atom stereocenters. The van der Waals surface area contributed by atoms with Crippen LogP contribution in [0, 0.1) is 0 Å². The molecule has 0 radical (unpaired) electrons. The minimum absolute atomic E-state index is 0.135. The SMILES string of the molecule is COCCn1nc(C(=O)Nc2cc(Cl)ccc2N(C)C)ccc1=O. The zero-order chi connectivity index (χ0) is 17.7. The van der Waals surface area contributed by atoms with Crippen molar-refractivity contribution in [2.24, 2.45) is 0 Å². The molecule has 24 heavy (non-hydrogen) atoms. The van der Waals surface area contributed by atoms with Gasteiger partial charge in [0.05, 0.1) is 24.5 Å². The Hall–Kier alpha value is -2.38. The molecule has 0 bridgehead atoms. The lowest BCUT2D eigenvalue weighted by Gasteiger charge is -2.18. The van der Waals surface area contributed by atoms with Crippen LogP contribution in [0.2, 0.25) is 5.02 Å². The number of aromatic nitrogens is 2. The van der Waals surface area contributed by atoms with Crippen LogP contribution in [0.15, 0.2) is 35.1 Å². The molecule has 0 unspecified atom stereocenters. The first-order valence-corrected chi connectivity index (χ1v) is 7.65. The normalized spacial score (nSPS) is 10.5. The molecular formula is C16H19ClN4O3. The predicted octanol–water partition coefficient (Wildman–Crippen LogP) is 1.86. The maximum atomic E-state index is 12.5.